The van der Waals surface area contributed by atoms with Gasteiger partial charge in [-0.15, -0.1) is 0 Å². The number of carbonyl (C=O) groups is 1. The maximum atomic E-state index is 12.8. The maximum absolute atomic E-state index is 12.8. The minimum atomic E-state index is -0.142. The van der Waals surface area contributed by atoms with Gasteiger partial charge in [0.15, 0.2) is 0 Å². The SMILES string of the molecule is O=C(Nc1ccc(N2CCOCC2)cc1)c1ccc(-c2cnc3[nH]cc(-c4cn[nH]c4)c3c2)cc1. The molecule has 0 saturated carbocycles. The number of rotatable bonds is 5. The number of carbonyl (C=O) groups excluding carboxylic acids is 1. The van der Waals surface area contributed by atoms with Crippen molar-refractivity contribution in [3.05, 3.63) is 84.9 Å². The molecule has 0 spiro atoms. The van der Waals surface area contributed by atoms with E-state index in [1.807, 2.05) is 67.1 Å². The van der Waals surface area contributed by atoms with Crippen LogP contribution in [0.4, 0.5) is 11.4 Å². The Hall–Kier alpha value is -4.43. The van der Waals surface area contributed by atoms with Gasteiger partial charge in [0.05, 0.1) is 19.4 Å². The monoisotopic (exact) mass is 464 g/mol. The smallest absolute Gasteiger partial charge is 0.255 e. The zero-order valence-corrected chi connectivity index (χ0v) is 19.0. The molecule has 0 aliphatic carbocycles. The van der Waals surface area contributed by atoms with Gasteiger partial charge in [-0.3, -0.25) is 9.89 Å². The van der Waals surface area contributed by atoms with Gasteiger partial charge in [-0.25, -0.2) is 4.98 Å². The third-order valence-corrected chi connectivity index (χ3v) is 6.32. The molecule has 174 valence electrons. The molecule has 4 heterocycles. The molecule has 1 fully saturated rings. The van der Waals surface area contributed by atoms with Crippen molar-refractivity contribution >= 4 is 28.3 Å². The Morgan fingerprint density at radius 2 is 1.71 bits per heavy atom. The highest BCUT2D eigenvalue weighted by Crippen LogP contribution is 2.30. The van der Waals surface area contributed by atoms with Crippen LogP contribution in [-0.2, 0) is 4.74 Å². The number of anilines is 2. The van der Waals surface area contributed by atoms with Crippen molar-refractivity contribution < 1.29 is 9.53 Å². The number of H-pyrrole nitrogens is 2. The molecule has 1 saturated heterocycles. The lowest BCUT2D eigenvalue weighted by Gasteiger charge is -2.28. The van der Waals surface area contributed by atoms with Crippen LogP contribution in [0.15, 0.2) is 79.4 Å². The molecule has 8 heteroatoms. The molecule has 0 radical (unpaired) electrons. The number of morpholine rings is 1. The molecule has 1 aliphatic rings. The quantitative estimate of drug-likeness (QED) is 0.350. The summed E-state index contributed by atoms with van der Waals surface area (Å²) in [6.07, 6.45) is 7.42. The van der Waals surface area contributed by atoms with Crippen LogP contribution in [0.5, 0.6) is 0 Å². The van der Waals surface area contributed by atoms with E-state index >= 15 is 0 Å². The molecule has 5 aromatic rings. The molecule has 0 bridgehead atoms. The third kappa shape index (κ3) is 4.27. The normalized spacial score (nSPS) is 13.8. The molecule has 35 heavy (non-hydrogen) atoms. The zero-order valence-electron chi connectivity index (χ0n) is 19.0. The fraction of sp³-hybridized carbons (Fsp3) is 0.148. The summed E-state index contributed by atoms with van der Waals surface area (Å²) >= 11 is 0. The number of ether oxygens (including phenoxy) is 1. The number of benzene rings is 2. The summed E-state index contributed by atoms with van der Waals surface area (Å²) in [4.78, 5) is 22.9. The second-order valence-corrected chi connectivity index (χ2v) is 8.49. The van der Waals surface area contributed by atoms with E-state index in [4.69, 9.17) is 4.74 Å². The molecule has 2 aromatic carbocycles. The summed E-state index contributed by atoms with van der Waals surface area (Å²) in [7, 11) is 0. The highest BCUT2D eigenvalue weighted by atomic mass is 16.5. The molecule has 3 N–H and O–H groups in total. The first-order valence-corrected chi connectivity index (χ1v) is 11.6. The number of nitrogens with zero attached hydrogens (tertiary/aromatic N) is 3. The van der Waals surface area contributed by atoms with Gasteiger partial charge in [0.25, 0.3) is 5.91 Å². The second kappa shape index (κ2) is 9.08. The van der Waals surface area contributed by atoms with Crippen LogP contribution in [0, 0.1) is 0 Å². The van der Waals surface area contributed by atoms with Crippen molar-refractivity contribution in [2.45, 2.75) is 0 Å². The van der Waals surface area contributed by atoms with Crippen molar-refractivity contribution in [2.75, 3.05) is 36.5 Å². The van der Waals surface area contributed by atoms with E-state index in [0.29, 0.717) is 5.56 Å². The van der Waals surface area contributed by atoms with Crippen LogP contribution < -0.4 is 10.2 Å². The fourth-order valence-electron chi connectivity index (χ4n) is 4.39. The molecule has 3 aromatic heterocycles. The summed E-state index contributed by atoms with van der Waals surface area (Å²) in [5.41, 5.74) is 7.34. The molecule has 1 amide bonds. The highest BCUT2D eigenvalue weighted by Gasteiger charge is 2.13. The first-order valence-electron chi connectivity index (χ1n) is 11.6. The first kappa shape index (κ1) is 21.1. The second-order valence-electron chi connectivity index (χ2n) is 8.49. The van der Waals surface area contributed by atoms with E-state index in [2.05, 4.69) is 36.4 Å². The predicted octanol–water partition coefficient (Wildman–Crippen LogP) is 4.71. The van der Waals surface area contributed by atoms with E-state index in [0.717, 1.165) is 71.0 Å². The molecule has 1 aliphatic heterocycles. The number of hydrogen-bond acceptors (Lipinski definition) is 5. The minimum absolute atomic E-state index is 0.142. The average Bonchev–Trinajstić information content (AvgIpc) is 3.59. The van der Waals surface area contributed by atoms with E-state index in [1.165, 1.54) is 0 Å². The predicted molar refractivity (Wildman–Crippen MR) is 137 cm³/mol. The van der Waals surface area contributed by atoms with Gasteiger partial charge in [-0.2, -0.15) is 5.10 Å². The van der Waals surface area contributed by atoms with Crippen molar-refractivity contribution in [1.29, 1.82) is 0 Å². The lowest BCUT2D eigenvalue weighted by Crippen LogP contribution is -2.36. The van der Waals surface area contributed by atoms with Gasteiger partial charge in [0.2, 0.25) is 0 Å². The number of amides is 1. The van der Waals surface area contributed by atoms with Gasteiger partial charge in [-0.1, -0.05) is 12.1 Å². The van der Waals surface area contributed by atoms with Crippen molar-refractivity contribution in [1.82, 2.24) is 20.2 Å². The Balaban J connectivity index is 1.17. The Kier molecular flexibility index (Phi) is 5.48. The zero-order chi connectivity index (χ0) is 23.6. The molecule has 6 rings (SSSR count). The number of pyridine rings is 1. The highest BCUT2D eigenvalue weighted by molar-refractivity contribution is 6.04. The summed E-state index contributed by atoms with van der Waals surface area (Å²) in [6.45, 7) is 3.26. The standard InChI is InChI=1S/C27H24N6O2/c34-27(32-22-5-7-23(8-6-22)33-9-11-35-12-10-33)19-3-1-18(2-4-19)20-13-24-25(21-15-30-31-16-21)17-29-26(24)28-14-20/h1-8,13-17H,9-12H2,(H,28,29)(H,30,31)(H,32,34). The summed E-state index contributed by atoms with van der Waals surface area (Å²) in [5, 5.41) is 10.9. The van der Waals surface area contributed by atoms with Crippen LogP contribution in [0.1, 0.15) is 10.4 Å². The van der Waals surface area contributed by atoms with Crippen LogP contribution in [-0.4, -0.2) is 52.4 Å². The number of aromatic amines is 2. The molecular formula is C27H24N6O2. The number of hydrogen-bond donors (Lipinski definition) is 3. The minimum Gasteiger partial charge on any atom is -0.378 e. The molecule has 0 atom stereocenters. The molecular weight excluding hydrogens is 440 g/mol. The van der Waals surface area contributed by atoms with Gasteiger partial charge >= 0.3 is 0 Å². The maximum Gasteiger partial charge on any atom is 0.255 e. The summed E-state index contributed by atoms with van der Waals surface area (Å²) < 4.78 is 5.41. The Labute approximate surface area is 202 Å². The third-order valence-electron chi connectivity index (χ3n) is 6.32. The molecule has 0 unspecified atom stereocenters. The lowest BCUT2D eigenvalue weighted by atomic mass is 10.0. The van der Waals surface area contributed by atoms with Crippen molar-refractivity contribution in [3.63, 3.8) is 0 Å². The van der Waals surface area contributed by atoms with Gasteiger partial charge in [0.1, 0.15) is 5.65 Å². The lowest BCUT2D eigenvalue weighted by molar-refractivity contribution is 0.102. The Morgan fingerprint density at radius 1 is 0.914 bits per heavy atom. The average molecular weight is 465 g/mol. The van der Waals surface area contributed by atoms with E-state index in [-0.39, 0.29) is 5.91 Å². The Bertz CT molecular complexity index is 1450. The van der Waals surface area contributed by atoms with E-state index in [9.17, 15) is 4.79 Å². The number of nitrogens with one attached hydrogen (secondary N) is 3. The van der Waals surface area contributed by atoms with E-state index < -0.39 is 0 Å². The first-order chi connectivity index (χ1) is 17.2. The van der Waals surface area contributed by atoms with Crippen molar-refractivity contribution in [2.24, 2.45) is 0 Å². The molecule has 8 nitrogen and oxygen atoms in total. The summed E-state index contributed by atoms with van der Waals surface area (Å²) in [5.74, 6) is -0.142. The number of fused-ring (bicyclic) bond motifs is 1. The van der Waals surface area contributed by atoms with Gasteiger partial charge < -0.3 is 19.9 Å². The fourth-order valence-corrected chi connectivity index (χ4v) is 4.39. The van der Waals surface area contributed by atoms with Crippen LogP contribution >= 0.6 is 0 Å². The largest absolute Gasteiger partial charge is 0.378 e. The van der Waals surface area contributed by atoms with Gasteiger partial charge in [0, 0.05) is 70.7 Å². The van der Waals surface area contributed by atoms with E-state index in [1.54, 1.807) is 6.20 Å². The van der Waals surface area contributed by atoms with Crippen molar-refractivity contribution in [3.8, 4) is 22.3 Å². The summed E-state index contributed by atoms with van der Waals surface area (Å²) in [6, 6.07) is 17.6. The Morgan fingerprint density at radius 3 is 2.46 bits per heavy atom. The topological polar surface area (TPSA) is 98.9 Å². The van der Waals surface area contributed by atoms with Crippen LogP contribution in [0.2, 0.25) is 0 Å². The number of aromatic nitrogens is 4. The van der Waals surface area contributed by atoms with Crippen LogP contribution in [0.3, 0.4) is 0 Å². The van der Waals surface area contributed by atoms with Crippen LogP contribution in [0.25, 0.3) is 33.3 Å². The van der Waals surface area contributed by atoms with Gasteiger partial charge in [-0.05, 0) is 48.0 Å².